The third-order valence-corrected chi connectivity index (χ3v) is 4.97. The number of nitrogens with one attached hydrogen (secondary N) is 2. The molecule has 0 atom stereocenters. The van der Waals surface area contributed by atoms with E-state index in [9.17, 15) is 9.59 Å². The van der Waals surface area contributed by atoms with Crippen molar-refractivity contribution in [1.82, 2.24) is 15.6 Å². The minimum absolute atomic E-state index is 0.129. The number of hydrogen-bond acceptors (Lipinski definition) is 7. The Labute approximate surface area is 147 Å². The van der Waals surface area contributed by atoms with Gasteiger partial charge in [-0.1, -0.05) is 48.2 Å². The van der Waals surface area contributed by atoms with Crippen LogP contribution in [0.25, 0.3) is 0 Å². The van der Waals surface area contributed by atoms with Crippen molar-refractivity contribution in [2.75, 3.05) is 16.1 Å². The number of para-hydroxylation sites is 1. The van der Waals surface area contributed by atoms with Gasteiger partial charge in [0.25, 0.3) is 5.91 Å². The monoisotopic (exact) mass is 361 g/mol. The van der Waals surface area contributed by atoms with Crippen LogP contribution in [0.5, 0.6) is 0 Å². The molecule has 0 aliphatic carbocycles. The minimum Gasteiger partial charge on any atom is -0.295 e. The first-order chi connectivity index (χ1) is 11.7. The van der Waals surface area contributed by atoms with E-state index in [1.54, 1.807) is 30.0 Å². The largest absolute Gasteiger partial charge is 0.295 e. The van der Waals surface area contributed by atoms with Crippen LogP contribution in [0.2, 0.25) is 0 Å². The molecule has 1 aromatic carbocycles. The summed E-state index contributed by atoms with van der Waals surface area (Å²) >= 11 is 2.89. The molecule has 0 spiro atoms. The SMILES string of the molecule is CCSc1nnc(NC(=O)C2=CCC(=O)N(c3ccccc3)N2)s1. The summed E-state index contributed by atoms with van der Waals surface area (Å²) in [6, 6.07) is 9.12. The number of thioether (sulfide) groups is 1. The Morgan fingerprint density at radius 2 is 2.17 bits per heavy atom. The van der Waals surface area contributed by atoms with E-state index in [-0.39, 0.29) is 18.2 Å². The molecule has 2 heterocycles. The average molecular weight is 361 g/mol. The van der Waals surface area contributed by atoms with E-state index in [2.05, 4.69) is 20.9 Å². The molecule has 2 aromatic rings. The highest BCUT2D eigenvalue weighted by Gasteiger charge is 2.24. The topological polar surface area (TPSA) is 87.2 Å². The Bertz CT molecular complexity index is 775. The third-order valence-electron chi connectivity index (χ3n) is 3.12. The van der Waals surface area contributed by atoms with Gasteiger partial charge in [-0.25, -0.2) is 5.01 Å². The van der Waals surface area contributed by atoms with Crippen LogP contribution in [-0.2, 0) is 9.59 Å². The molecule has 2 amide bonds. The number of nitrogens with zero attached hydrogens (tertiary/aromatic N) is 3. The number of benzene rings is 1. The Morgan fingerprint density at radius 3 is 2.92 bits per heavy atom. The molecule has 124 valence electrons. The zero-order chi connectivity index (χ0) is 16.9. The molecule has 24 heavy (non-hydrogen) atoms. The fourth-order valence-electron chi connectivity index (χ4n) is 2.04. The maximum Gasteiger partial charge on any atom is 0.275 e. The summed E-state index contributed by atoms with van der Waals surface area (Å²) in [6.45, 7) is 2.02. The summed E-state index contributed by atoms with van der Waals surface area (Å²) in [5, 5.41) is 12.4. The van der Waals surface area contributed by atoms with Crippen molar-refractivity contribution in [3.8, 4) is 0 Å². The fourth-order valence-corrected chi connectivity index (χ4v) is 3.69. The van der Waals surface area contributed by atoms with Crippen molar-refractivity contribution in [2.45, 2.75) is 17.7 Å². The third kappa shape index (κ3) is 3.74. The van der Waals surface area contributed by atoms with Gasteiger partial charge < -0.3 is 0 Å². The van der Waals surface area contributed by atoms with E-state index in [0.29, 0.717) is 16.5 Å². The normalized spacial score (nSPS) is 14.1. The van der Waals surface area contributed by atoms with Gasteiger partial charge in [-0.15, -0.1) is 10.2 Å². The van der Waals surface area contributed by atoms with Gasteiger partial charge >= 0.3 is 0 Å². The molecule has 1 aliphatic heterocycles. The van der Waals surface area contributed by atoms with Crippen LogP contribution < -0.4 is 15.8 Å². The Balaban J connectivity index is 1.69. The first-order valence-corrected chi connectivity index (χ1v) is 9.10. The highest BCUT2D eigenvalue weighted by molar-refractivity contribution is 8.01. The number of hydrogen-bond donors (Lipinski definition) is 2. The second kappa shape index (κ2) is 7.45. The molecule has 0 fully saturated rings. The Morgan fingerprint density at radius 1 is 1.38 bits per heavy atom. The summed E-state index contributed by atoms with van der Waals surface area (Å²) in [5.41, 5.74) is 3.84. The van der Waals surface area contributed by atoms with Gasteiger partial charge in [-0.2, -0.15) is 0 Å². The number of carbonyl (C=O) groups is 2. The molecule has 0 radical (unpaired) electrons. The van der Waals surface area contributed by atoms with E-state index in [4.69, 9.17) is 0 Å². The smallest absolute Gasteiger partial charge is 0.275 e. The first-order valence-electron chi connectivity index (χ1n) is 7.30. The van der Waals surface area contributed by atoms with Crippen molar-refractivity contribution < 1.29 is 9.59 Å². The van der Waals surface area contributed by atoms with Crippen LogP contribution in [0, 0.1) is 0 Å². The lowest BCUT2D eigenvalue weighted by Crippen LogP contribution is -2.47. The predicted octanol–water partition coefficient (Wildman–Crippen LogP) is 2.41. The molecule has 0 saturated heterocycles. The van der Waals surface area contributed by atoms with Crippen LogP contribution in [0.1, 0.15) is 13.3 Å². The molecule has 3 rings (SSSR count). The number of hydrazine groups is 1. The lowest BCUT2D eigenvalue weighted by molar-refractivity contribution is -0.119. The van der Waals surface area contributed by atoms with Crippen molar-refractivity contribution in [1.29, 1.82) is 0 Å². The summed E-state index contributed by atoms with van der Waals surface area (Å²) in [6.07, 6.45) is 1.72. The van der Waals surface area contributed by atoms with Crippen LogP contribution in [0.4, 0.5) is 10.8 Å². The van der Waals surface area contributed by atoms with Gasteiger partial charge in [0.05, 0.1) is 5.69 Å². The van der Waals surface area contributed by atoms with Crippen LogP contribution in [-0.4, -0.2) is 27.8 Å². The first kappa shape index (κ1) is 16.5. The predicted molar refractivity (Wildman–Crippen MR) is 94.7 cm³/mol. The van der Waals surface area contributed by atoms with Gasteiger partial charge in [0, 0.05) is 6.42 Å². The maximum absolute atomic E-state index is 12.4. The standard InChI is InChI=1S/C15H15N5O2S2/c1-2-23-15-18-17-14(24-15)16-13(22)11-8-9-12(21)20(19-11)10-6-4-3-5-7-10/h3-8,19H,2,9H2,1H3,(H,16,17,22). The number of aromatic nitrogens is 2. The van der Waals surface area contributed by atoms with E-state index < -0.39 is 0 Å². The highest BCUT2D eigenvalue weighted by Crippen LogP contribution is 2.25. The molecule has 1 aliphatic rings. The molecule has 1 aromatic heterocycles. The summed E-state index contributed by atoms with van der Waals surface area (Å²) < 4.78 is 0.805. The van der Waals surface area contributed by atoms with Gasteiger partial charge in [-0.05, 0) is 24.0 Å². The maximum atomic E-state index is 12.4. The zero-order valence-corrected chi connectivity index (χ0v) is 14.5. The van der Waals surface area contributed by atoms with Gasteiger partial charge in [-0.3, -0.25) is 20.3 Å². The van der Waals surface area contributed by atoms with E-state index in [0.717, 1.165) is 10.1 Å². The minimum atomic E-state index is -0.354. The van der Waals surface area contributed by atoms with Crippen molar-refractivity contribution >= 4 is 45.7 Å². The molecule has 0 unspecified atom stereocenters. The number of rotatable bonds is 5. The molecule has 0 saturated carbocycles. The lowest BCUT2D eigenvalue weighted by Gasteiger charge is -2.28. The molecule has 7 nitrogen and oxygen atoms in total. The van der Waals surface area contributed by atoms with Crippen molar-refractivity contribution in [2.24, 2.45) is 0 Å². The molecular weight excluding hydrogens is 346 g/mol. The van der Waals surface area contributed by atoms with Crippen LogP contribution >= 0.6 is 23.1 Å². The van der Waals surface area contributed by atoms with E-state index in [1.165, 1.54) is 16.3 Å². The number of amides is 2. The van der Waals surface area contributed by atoms with Crippen molar-refractivity contribution in [3.63, 3.8) is 0 Å². The van der Waals surface area contributed by atoms with E-state index >= 15 is 0 Å². The molecule has 0 bridgehead atoms. The fraction of sp³-hybridized carbons (Fsp3) is 0.200. The highest BCUT2D eigenvalue weighted by atomic mass is 32.2. The van der Waals surface area contributed by atoms with Crippen LogP contribution in [0.15, 0.2) is 46.4 Å². The Kier molecular flexibility index (Phi) is 5.11. The summed E-state index contributed by atoms with van der Waals surface area (Å²) in [7, 11) is 0. The van der Waals surface area contributed by atoms with Gasteiger partial charge in [0.15, 0.2) is 4.34 Å². The van der Waals surface area contributed by atoms with Gasteiger partial charge in [0.2, 0.25) is 11.0 Å². The molecule has 9 heteroatoms. The molecular formula is C15H15N5O2S2. The zero-order valence-electron chi connectivity index (χ0n) is 12.9. The summed E-state index contributed by atoms with van der Waals surface area (Å²) in [4.78, 5) is 24.4. The van der Waals surface area contributed by atoms with Gasteiger partial charge in [0.1, 0.15) is 5.70 Å². The average Bonchev–Trinajstić information content (AvgIpc) is 3.03. The second-order valence-corrected chi connectivity index (χ2v) is 7.25. The molecule has 2 N–H and O–H groups in total. The number of anilines is 2. The summed E-state index contributed by atoms with van der Waals surface area (Å²) in [5.74, 6) is 0.409. The number of carbonyl (C=O) groups excluding carboxylic acids is 2. The Hall–Kier alpha value is -2.39. The quantitative estimate of drug-likeness (QED) is 0.628. The van der Waals surface area contributed by atoms with E-state index in [1.807, 2.05) is 25.1 Å². The second-order valence-electron chi connectivity index (χ2n) is 4.76. The van der Waals surface area contributed by atoms with Crippen LogP contribution in [0.3, 0.4) is 0 Å². The lowest BCUT2D eigenvalue weighted by atomic mass is 10.2. The van der Waals surface area contributed by atoms with Crippen molar-refractivity contribution in [3.05, 3.63) is 42.1 Å².